The fourth-order valence-electron chi connectivity index (χ4n) is 4.61. The maximum Gasteiger partial charge on any atom is 0.222 e. The molecule has 0 saturated carbocycles. The number of piperazine rings is 1. The number of thiophene rings is 1. The molecule has 30 heavy (non-hydrogen) atoms. The molecule has 0 spiro atoms. The number of fused-ring (bicyclic) bond motifs is 3. The largest absolute Gasteiger partial charge is 0.352 e. The van der Waals surface area contributed by atoms with Gasteiger partial charge in [-0.3, -0.25) is 4.79 Å². The van der Waals surface area contributed by atoms with Gasteiger partial charge in [0.15, 0.2) is 0 Å². The van der Waals surface area contributed by atoms with E-state index in [1.807, 2.05) is 16.2 Å². The lowest BCUT2D eigenvalue weighted by Gasteiger charge is -2.36. The zero-order valence-electron chi connectivity index (χ0n) is 19.0. The van der Waals surface area contributed by atoms with Crippen LogP contribution in [0.2, 0.25) is 0 Å². The highest BCUT2D eigenvalue weighted by Crippen LogP contribution is 2.40. The Kier molecular flexibility index (Phi) is 6.61. The third kappa shape index (κ3) is 4.34. The van der Waals surface area contributed by atoms with E-state index in [2.05, 4.69) is 32.6 Å². The summed E-state index contributed by atoms with van der Waals surface area (Å²) in [6, 6.07) is 0. The van der Waals surface area contributed by atoms with Crippen molar-refractivity contribution in [2.75, 3.05) is 31.1 Å². The molecule has 1 saturated heterocycles. The number of hydrogen-bond donors (Lipinski definition) is 0. The summed E-state index contributed by atoms with van der Waals surface area (Å²) in [6.07, 6.45) is 7.91. The maximum absolute atomic E-state index is 12.5. The third-order valence-electron chi connectivity index (χ3n) is 6.63. The topological polar surface area (TPSA) is 49.3 Å². The summed E-state index contributed by atoms with van der Waals surface area (Å²) in [6.45, 7) is 12.0. The second kappa shape index (κ2) is 9.21. The van der Waals surface area contributed by atoms with Crippen LogP contribution in [0.4, 0.5) is 5.82 Å². The van der Waals surface area contributed by atoms with Crippen LogP contribution < -0.4 is 4.90 Å². The minimum atomic E-state index is 0.294. The van der Waals surface area contributed by atoms with E-state index < -0.39 is 0 Å². The summed E-state index contributed by atoms with van der Waals surface area (Å²) >= 11 is 1.90. The molecule has 164 valence electrons. The Labute approximate surface area is 184 Å². The summed E-state index contributed by atoms with van der Waals surface area (Å²) in [4.78, 5) is 29.9. The van der Waals surface area contributed by atoms with E-state index in [0.29, 0.717) is 24.2 Å². The van der Waals surface area contributed by atoms with E-state index in [0.717, 1.165) is 50.7 Å². The molecule has 0 unspecified atom stereocenters. The quantitative estimate of drug-likeness (QED) is 0.617. The molecule has 2 aromatic heterocycles. The average molecular weight is 429 g/mol. The fraction of sp³-hybridized carbons (Fsp3) is 0.708. The second-order valence-corrected chi connectivity index (χ2v) is 10.5. The van der Waals surface area contributed by atoms with Crippen LogP contribution in [0.3, 0.4) is 0 Å². The Hall–Kier alpha value is -1.69. The van der Waals surface area contributed by atoms with Gasteiger partial charge in [-0.1, -0.05) is 34.1 Å². The second-order valence-electron chi connectivity index (χ2n) is 9.43. The first-order chi connectivity index (χ1) is 14.5. The molecule has 2 aliphatic rings. The van der Waals surface area contributed by atoms with Gasteiger partial charge in [-0.05, 0) is 43.6 Å². The standard InChI is InChI=1S/C24H36N4OS/c1-5-17(4)22-25-23(28-13-11-27(12-14-28)20(29)15-16(2)3)21-18-9-7-6-8-10-19(18)30-24(21)26-22/h16-17H,5-15H2,1-4H3/t17-/m1/s1. The van der Waals surface area contributed by atoms with E-state index in [9.17, 15) is 4.79 Å². The van der Waals surface area contributed by atoms with Gasteiger partial charge in [-0.2, -0.15) is 0 Å². The number of carbonyl (C=O) groups excluding carboxylic acids is 1. The van der Waals surface area contributed by atoms with Crippen LogP contribution in [0.1, 0.15) is 82.0 Å². The van der Waals surface area contributed by atoms with Crippen molar-refractivity contribution in [3.8, 4) is 0 Å². The van der Waals surface area contributed by atoms with Crippen LogP contribution in [0.5, 0.6) is 0 Å². The van der Waals surface area contributed by atoms with Crippen molar-refractivity contribution in [1.29, 1.82) is 0 Å². The molecule has 0 radical (unpaired) electrons. The Bertz CT molecular complexity index is 898. The van der Waals surface area contributed by atoms with Gasteiger partial charge in [0.2, 0.25) is 5.91 Å². The fourth-order valence-corrected chi connectivity index (χ4v) is 5.87. The summed E-state index contributed by atoms with van der Waals surface area (Å²) < 4.78 is 0. The van der Waals surface area contributed by atoms with Crippen LogP contribution in [0, 0.1) is 5.92 Å². The van der Waals surface area contributed by atoms with E-state index in [1.165, 1.54) is 46.3 Å². The molecule has 1 aliphatic heterocycles. The third-order valence-corrected chi connectivity index (χ3v) is 7.82. The molecule has 6 heteroatoms. The predicted octanol–water partition coefficient (Wildman–Crippen LogP) is 5.17. The van der Waals surface area contributed by atoms with Crippen LogP contribution in [-0.4, -0.2) is 47.0 Å². The van der Waals surface area contributed by atoms with Gasteiger partial charge >= 0.3 is 0 Å². The highest BCUT2D eigenvalue weighted by Gasteiger charge is 2.27. The number of nitrogens with zero attached hydrogens (tertiary/aromatic N) is 4. The molecule has 2 aromatic rings. The molecule has 1 atom stereocenters. The molecule has 5 nitrogen and oxygen atoms in total. The molecule has 4 rings (SSSR count). The summed E-state index contributed by atoms with van der Waals surface area (Å²) in [5, 5.41) is 1.31. The number of aryl methyl sites for hydroxylation is 2. The smallest absolute Gasteiger partial charge is 0.222 e. The molecular formula is C24H36N4OS. The molecule has 0 aromatic carbocycles. The normalized spacial score (nSPS) is 18.6. The Morgan fingerprint density at radius 3 is 2.47 bits per heavy atom. The zero-order valence-corrected chi connectivity index (χ0v) is 19.9. The van der Waals surface area contributed by atoms with Crippen molar-refractivity contribution in [2.24, 2.45) is 5.92 Å². The lowest BCUT2D eigenvalue weighted by Crippen LogP contribution is -2.49. The SMILES string of the molecule is CC[C@@H](C)c1nc(N2CCN(C(=O)CC(C)C)CC2)c2c3c(sc2n1)CCCCC3. The molecule has 0 bridgehead atoms. The molecule has 1 fully saturated rings. The lowest BCUT2D eigenvalue weighted by molar-refractivity contribution is -0.132. The highest BCUT2D eigenvalue weighted by molar-refractivity contribution is 7.19. The van der Waals surface area contributed by atoms with E-state index >= 15 is 0 Å². The lowest BCUT2D eigenvalue weighted by atomic mass is 10.1. The summed E-state index contributed by atoms with van der Waals surface area (Å²) in [5.74, 6) is 3.18. The van der Waals surface area contributed by atoms with Gasteiger partial charge in [-0.15, -0.1) is 11.3 Å². The van der Waals surface area contributed by atoms with Gasteiger partial charge in [-0.25, -0.2) is 9.97 Å². The first-order valence-corrected chi connectivity index (χ1v) is 12.6. The maximum atomic E-state index is 12.5. The summed E-state index contributed by atoms with van der Waals surface area (Å²) in [7, 11) is 0. The number of hydrogen-bond acceptors (Lipinski definition) is 5. The van der Waals surface area contributed by atoms with Crippen molar-refractivity contribution < 1.29 is 4.79 Å². The van der Waals surface area contributed by atoms with Gasteiger partial charge in [0.05, 0.1) is 5.39 Å². The number of aromatic nitrogens is 2. The highest BCUT2D eigenvalue weighted by atomic mass is 32.1. The Morgan fingerprint density at radius 1 is 1.03 bits per heavy atom. The van der Waals surface area contributed by atoms with Crippen LogP contribution in [0.25, 0.3) is 10.2 Å². The summed E-state index contributed by atoms with van der Waals surface area (Å²) in [5.41, 5.74) is 1.51. The van der Waals surface area contributed by atoms with Crippen molar-refractivity contribution >= 4 is 33.3 Å². The first-order valence-electron chi connectivity index (χ1n) is 11.8. The van der Waals surface area contributed by atoms with Gasteiger partial charge in [0, 0.05) is 43.4 Å². The van der Waals surface area contributed by atoms with Crippen LogP contribution >= 0.6 is 11.3 Å². The van der Waals surface area contributed by atoms with E-state index in [4.69, 9.17) is 9.97 Å². The van der Waals surface area contributed by atoms with E-state index in [-0.39, 0.29) is 0 Å². The van der Waals surface area contributed by atoms with Crippen molar-refractivity contribution in [3.05, 3.63) is 16.3 Å². The van der Waals surface area contributed by atoms with Crippen LogP contribution in [0.15, 0.2) is 0 Å². The molecule has 1 amide bonds. The number of amides is 1. The molecule has 1 aliphatic carbocycles. The Balaban J connectivity index is 1.67. The van der Waals surface area contributed by atoms with Gasteiger partial charge < -0.3 is 9.80 Å². The Morgan fingerprint density at radius 2 is 1.77 bits per heavy atom. The molecule has 3 heterocycles. The minimum Gasteiger partial charge on any atom is -0.352 e. The van der Waals surface area contributed by atoms with Crippen molar-refractivity contribution in [2.45, 2.75) is 78.6 Å². The number of rotatable bonds is 5. The molecular weight excluding hydrogens is 392 g/mol. The first kappa shape index (κ1) is 21.5. The molecule has 0 N–H and O–H groups in total. The minimum absolute atomic E-state index is 0.294. The van der Waals surface area contributed by atoms with Crippen LogP contribution in [-0.2, 0) is 17.6 Å². The van der Waals surface area contributed by atoms with Crippen molar-refractivity contribution in [3.63, 3.8) is 0 Å². The predicted molar refractivity (Wildman–Crippen MR) is 126 cm³/mol. The zero-order chi connectivity index (χ0) is 21.3. The number of carbonyl (C=O) groups is 1. The number of anilines is 1. The average Bonchev–Trinajstić information content (AvgIpc) is 2.93. The van der Waals surface area contributed by atoms with Gasteiger partial charge in [0.25, 0.3) is 0 Å². The van der Waals surface area contributed by atoms with Crippen molar-refractivity contribution in [1.82, 2.24) is 14.9 Å². The monoisotopic (exact) mass is 428 g/mol. The van der Waals surface area contributed by atoms with Gasteiger partial charge in [0.1, 0.15) is 16.5 Å². The van der Waals surface area contributed by atoms with E-state index in [1.54, 1.807) is 0 Å².